The maximum absolute atomic E-state index is 11.9. The van der Waals surface area contributed by atoms with Gasteiger partial charge in [-0.3, -0.25) is 9.63 Å². The Kier molecular flexibility index (Phi) is 6.79. The Balaban J connectivity index is 2.66. The van der Waals surface area contributed by atoms with Crippen LogP contribution in [0.1, 0.15) is 49.7 Å². The highest BCUT2D eigenvalue weighted by molar-refractivity contribution is 5.92. The van der Waals surface area contributed by atoms with Crippen molar-refractivity contribution in [2.45, 2.75) is 40.2 Å². The van der Waals surface area contributed by atoms with Crippen LogP contribution in [-0.2, 0) is 16.1 Å². The van der Waals surface area contributed by atoms with Crippen LogP contribution < -0.4 is 0 Å². The lowest BCUT2D eigenvalue weighted by Crippen LogP contribution is -2.31. The van der Waals surface area contributed by atoms with Gasteiger partial charge in [0.2, 0.25) is 0 Å². The molecule has 0 aliphatic heterocycles. The van der Waals surface area contributed by atoms with E-state index >= 15 is 0 Å². The van der Waals surface area contributed by atoms with E-state index in [4.69, 9.17) is 9.57 Å². The minimum absolute atomic E-state index is 0.0502. The van der Waals surface area contributed by atoms with Crippen LogP contribution in [0.4, 0.5) is 4.79 Å². The van der Waals surface area contributed by atoms with Crippen LogP contribution >= 0.6 is 0 Å². The number of aromatic amines is 1. The number of carbonyl (C=O) groups excluding carboxylic acids is 2. The number of hydrogen-bond donors (Lipinski definition) is 1. The van der Waals surface area contributed by atoms with E-state index in [1.54, 1.807) is 12.3 Å². The number of aromatic nitrogens is 1. The van der Waals surface area contributed by atoms with Crippen molar-refractivity contribution in [2.75, 3.05) is 13.2 Å². The third kappa shape index (κ3) is 5.05. The molecule has 1 aromatic heterocycles. The van der Waals surface area contributed by atoms with E-state index in [-0.39, 0.29) is 12.3 Å². The number of nitrogens with zero attached hydrogens (tertiary/aromatic N) is 1. The van der Waals surface area contributed by atoms with E-state index in [9.17, 15) is 9.59 Å². The molecule has 6 nitrogen and oxygen atoms in total. The summed E-state index contributed by atoms with van der Waals surface area (Å²) in [7, 11) is 0. The number of amides is 1. The van der Waals surface area contributed by atoms with Gasteiger partial charge < -0.3 is 9.72 Å². The van der Waals surface area contributed by atoms with Crippen LogP contribution in [0.2, 0.25) is 0 Å². The molecule has 6 heteroatoms. The van der Waals surface area contributed by atoms with Crippen molar-refractivity contribution in [3.63, 3.8) is 0 Å². The number of nitrogens with one attached hydrogen (secondary N) is 1. The van der Waals surface area contributed by atoms with Crippen molar-refractivity contribution >= 4 is 11.9 Å². The molecular weight excluding hydrogens is 260 g/mol. The minimum Gasteiger partial charge on any atom is -0.448 e. The third-order valence-corrected chi connectivity index (χ3v) is 2.53. The number of H-pyrrole nitrogens is 1. The maximum atomic E-state index is 11.9. The van der Waals surface area contributed by atoms with Crippen LogP contribution in [0.15, 0.2) is 12.3 Å². The SMILES string of the molecule is CCCOC(=O)N(Cc1c[nH]c(C(C)=O)c1)OCCC. The Morgan fingerprint density at radius 3 is 2.50 bits per heavy atom. The summed E-state index contributed by atoms with van der Waals surface area (Å²) in [5.41, 5.74) is 1.30. The number of Topliss-reactive ketones (excluding diaryl/α,β-unsaturated/α-hetero) is 1. The van der Waals surface area contributed by atoms with Gasteiger partial charge in [-0.1, -0.05) is 13.8 Å². The highest BCUT2D eigenvalue weighted by atomic mass is 16.7. The lowest BCUT2D eigenvalue weighted by atomic mass is 10.2. The van der Waals surface area contributed by atoms with Gasteiger partial charge in [0.25, 0.3) is 0 Å². The van der Waals surface area contributed by atoms with Gasteiger partial charge in [0.15, 0.2) is 5.78 Å². The maximum Gasteiger partial charge on any atom is 0.434 e. The molecule has 1 aromatic rings. The first-order valence-corrected chi connectivity index (χ1v) is 6.83. The van der Waals surface area contributed by atoms with E-state index in [2.05, 4.69) is 4.98 Å². The average molecular weight is 282 g/mol. The molecule has 1 heterocycles. The number of ketones is 1. The second-order valence-corrected chi connectivity index (χ2v) is 4.46. The van der Waals surface area contributed by atoms with Gasteiger partial charge in [-0.2, -0.15) is 5.06 Å². The molecule has 112 valence electrons. The first-order valence-electron chi connectivity index (χ1n) is 6.83. The number of hydrogen-bond acceptors (Lipinski definition) is 4. The molecule has 0 aliphatic rings. The number of hydroxylamine groups is 2. The van der Waals surface area contributed by atoms with E-state index < -0.39 is 6.09 Å². The zero-order chi connectivity index (χ0) is 15.0. The summed E-state index contributed by atoms with van der Waals surface area (Å²) < 4.78 is 5.06. The zero-order valence-electron chi connectivity index (χ0n) is 12.3. The van der Waals surface area contributed by atoms with E-state index in [0.29, 0.717) is 18.9 Å². The molecule has 0 bridgehead atoms. The molecule has 0 atom stereocenters. The molecule has 0 aliphatic carbocycles. The predicted octanol–water partition coefficient (Wildman–Crippen LogP) is 2.91. The summed E-state index contributed by atoms with van der Waals surface area (Å²) in [6, 6.07) is 1.71. The molecule has 0 saturated heterocycles. The van der Waals surface area contributed by atoms with Gasteiger partial charge in [-0.15, -0.1) is 0 Å². The summed E-state index contributed by atoms with van der Waals surface area (Å²) in [4.78, 5) is 31.3. The Bertz CT molecular complexity index is 442. The molecular formula is C14H22N2O4. The summed E-state index contributed by atoms with van der Waals surface area (Å²) >= 11 is 0. The van der Waals surface area contributed by atoms with E-state index in [1.165, 1.54) is 12.0 Å². The van der Waals surface area contributed by atoms with Gasteiger partial charge in [0.1, 0.15) is 0 Å². The summed E-state index contributed by atoms with van der Waals surface area (Å²) in [5.74, 6) is -0.0502. The fraction of sp³-hybridized carbons (Fsp3) is 0.571. The fourth-order valence-corrected chi connectivity index (χ4v) is 1.53. The molecule has 20 heavy (non-hydrogen) atoms. The molecule has 0 radical (unpaired) electrons. The number of carbonyl (C=O) groups is 2. The Morgan fingerprint density at radius 2 is 1.95 bits per heavy atom. The molecule has 0 fully saturated rings. The van der Waals surface area contributed by atoms with E-state index in [0.717, 1.165) is 18.4 Å². The summed E-state index contributed by atoms with van der Waals surface area (Å²) in [5, 5.41) is 1.19. The molecule has 1 rings (SSSR count). The quantitative estimate of drug-likeness (QED) is 0.588. The van der Waals surface area contributed by atoms with E-state index in [1.807, 2.05) is 13.8 Å². The topological polar surface area (TPSA) is 71.6 Å². The second-order valence-electron chi connectivity index (χ2n) is 4.46. The summed E-state index contributed by atoms with van der Waals surface area (Å²) in [6.45, 7) is 6.40. The van der Waals surface area contributed by atoms with Gasteiger partial charge in [0.05, 0.1) is 25.5 Å². The smallest absolute Gasteiger partial charge is 0.434 e. The van der Waals surface area contributed by atoms with Gasteiger partial charge in [0, 0.05) is 13.1 Å². The van der Waals surface area contributed by atoms with Crippen molar-refractivity contribution in [1.29, 1.82) is 0 Å². The first kappa shape index (κ1) is 16.2. The van der Waals surface area contributed by atoms with Crippen molar-refractivity contribution < 1.29 is 19.2 Å². The second kappa shape index (κ2) is 8.37. The Morgan fingerprint density at radius 1 is 1.25 bits per heavy atom. The van der Waals surface area contributed by atoms with Crippen LogP contribution in [0, 0.1) is 0 Å². The third-order valence-electron chi connectivity index (χ3n) is 2.53. The highest BCUT2D eigenvalue weighted by Gasteiger charge is 2.17. The van der Waals surface area contributed by atoms with Crippen LogP contribution in [0.25, 0.3) is 0 Å². The molecule has 0 saturated carbocycles. The molecule has 0 aromatic carbocycles. The zero-order valence-corrected chi connectivity index (χ0v) is 12.3. The average Bonchev–Trinajstić information content (AvgIpc) is 2.89. The summed E-state index contributed by atoms with van der Waals surface area (Å²) in [6.07, 6.45) is 2.73. The largest absolute Gasteiger partial charge is 0.448 e. The number of rotatable bonds is 8. The lowest BCUT2D eigenvalue weighted by Gasteiger charge is -2.20. The fourth-order valence-electron chi connectivity index (χ4n) is 1.53. The molecule has 0 spiro atoms. The van der Waals surface area contributed by atoms with Crippen molar-refractivity contribution in [3.05, 3.63) is 23.5 Å². The highest BCUT2D eigenvalue weighted by Crippen LogP contribution is 2.10. The van der Waals surface area contributed by atoms with Crippen molar-refractivity contribution in [1.82, 2.24) is 10.0 Å². The van der Waals surface area contributed by atoms with Crippen molar-refractivity contribution in [2.24, 2.45) is 0 Å². The van der Waals surface area contributed by atoms with Crippen LogP contribution in [-0.4, -0.2) is 35.1 Å². The molecule has 1 amide bonds. The monoisotopic (exact) mass is 282 g/mol. The van der Waals surface area contributed by atoms with Crippen LogP contribution in [0.5, 0.6) is 0 Å². The van der Waals surface area contributed by atoms with Gasteiger partial charge in [-0.05, 0) is 24.5 Å². The molecule has 1 N–H and O–H groups in total. The Labute approximate surface area is 119 Å². The lowest BCUT2D eigenvalue weighted by molar-refractivity contribution is -0.143. The predicted molar refractivity (Wildman–Crippen MR) is 74.2 cm³/mol. The minimum atomic E-state index is -0.508. The van der Waals surface area contributed by atoms with Gasteiger partial charge in [-0.25, -0.2) is 4.79 Å². The van der Waals surface area contributed by atoms with Crippen molar-refractivity contribution in [3.8, 4) is 0 Å². The normalized spacial score (nSPS) is 10.3. The number of ether oxygens (including phenoxy) is 1. The first-order chi connectivity index (χ1) is 9.58. The van der Waals surface area contributed by atoms with Gasteiger partial charge >= 0.3 is 6.09 Å². The van der Waals surface area contributed by atoms with Crippen LogP contribution in [0.3, 0.4) is 0 Å². The standard InChI is InChI=1S/C14H22N2O4/c1-4-6-19-14(18)16(20-7-5-2)10-12-8-13(11(3)17)15-9-12/h8-9,15H,4-7,10H2,1-3H3. The molecule has 0 unspecified atom stereocenters. The Hall–Kier alpha value is -1.82.